The summed E-state index contributed by atoms with van der Waals surface area (Å²) in [5.74, 6) is 0.130. The Bertz CT molecular complexity index is 574. The van der Waals surface area contributed by atoms with Gasteiger partial charge in [-0.05, 0) is 62.7 Å². The van der Waals surface area contributed by atoms with E-state index in [9.17, 15) is 9.90 Å². The molecular formula is C21H30O2. The van der Waals surface area contributed by atoms with Crippen molar-refractivity contribution < 1.29 is 9.90 Å². The molecule has 126 valence electrons. The minimum Gasteiger partial charge on any atom is -0.481 e. The van der Waals surface area contributed by atoms with Crippen molar-refractivity contribution in [3.63, 3.8) is 0 Å². The Balaban J connectivity index is 2.06. The molecule has 0 spiro atoms. The number of allylic oxidation sites excluding steroid dienone is 4. The number of carbonyl (C=O) groups is 1. The molecule has 3 aliphatic rings. The first kappa shape index (κ1) is 16.5. The first-order valence-corrected chi connectivity index (χ1v) is 9.02. The predicted molar refractivity (Wildman–Crippen MR) is 94.1 cm³/mol. The summed E-state index contributed by atoms with van der Waals surface area (Å²) in [6, 6.07) is 0. The van der Waals surface area contributed by atoms with Gasteiger partial charge in [0.1, 0.15) is 0 Å². The van der Waals surface area contributed by atoms with Gasteiger partial charge >= 0.3 is 5.97 Å². The topological polar surface area (TPSA) is 37.3 Å². The van der Waals surface area contributed by atoms with Gasteiger partial charge in [-0.25, -0.2) is 0 Å². The fraction of sp³-hybridized carbons (Fsp3) is 0.667. The van der Waals surface area contributed by atoms with E-state index in [4.69, 9.17) is 0 Å². The third-order valence-electron chi connectivity index (χ3n) is 7.31. The lowest BCUT2D eigenvalue weighted by Crippen LogP contribution is -2.53. The zero-order chi connectivity index (χ0) is 16.9. The van der Waals surface area contributed by atoms with E-state index in [1.807, 2.05) is 6.92 Å². The number of carboxylic acids is 1. The van der Waals surface area contributed by atoms with Crippen molar-refractivity contribution in [2.45, 2.75) is 58.8 Å². The monoisotopic (exact) mass is 314 g/mol. The van der Waals surface area contributed by atoms with Crippen LogP contribution >= 0.6 is 0 Å². The number of fused-ring (bicyclic) bond motifs is 3. The van der Waals surface area contributed by atoms with E-state index in [1.54, 1.807) is 0 Å². The van der Waals surface area contributed by atoms with Crippen LogP contribution < -0.4 is 0 Å². The van der Waals surface area contributed by atoms with Crippen LogP contribution in [0.3, 0.4) is 0 Å². The molecule has 2 fully saturated rings. The Morgan fingerprint density at radius 1 is 1.26 bits per heavy atom. The first-order chi connectivity index (χ1) is 10.8. The third-order valence-corrected chi connectivity index (χ3v) is 7.31. The van der Waals surface area contributed by atoms with Crippen molar-refractivity contribution in [3.8, 4) is 0 Å². The van der Waals surface area contributed by atoms with Gasteiger partial charge < -0.3 is 5.11 Å². The van der Waals surface area contributed by atoms with E-state index in [0.29, 0.717) is 5.92 Å². The van der Waals surface area contributed by atoms with E-state index in [1.165, 1.54) is 5.57 Å². The largest absolute Gasteiger partial charge is 0.481 e. The SMILES string of the molecule is C=C[C@@]1(C)CC=C2C(CCC3[C@](C)(C(=O)O)CCC[C@@]23C=C)C1. The second-order valence-corrected chi connectivity index (χ2v) is 8.57. The molecule has 0 saturated heterocycles. The quantitative estimate of drug-likeness (QED) is 0.711. The molecule has 0 aromatic carbocycles. The maximum Gasteiger partial charge on any atom is 0.309 e. The summed E-state index contributed by atoms with van der Waals surface area (Å²) in [5.41, 5.74) is 0.970. The number of hydrogen-bond donors (Lipinski definition) is 1. The number of rotatable bonds is 3. The summed E-state index contributed by atoms with van der Waals surface area (Å²) in [6.07, 6.45) is 13.8. The van der Waals surface area contributed by atoms with Crippen LogP contribution in [0.15, 0.2) is 37.0 Å². The molecule has 0 radical (unpaired) electrons. The van der Waals surface area contributed by atoms with Gasteiger partial charge in [-0.15, -0.1) is 13.2 Å². The maximum atomic E-state index is 12.0. The lowest BCUT2D eigenvalue weighted by atomic mass is 9.45. The molecular weight excluding hydrogens is 284 g/mol. The van der Waals surface area contributed by atoms with Crippen molar-refractivity contribution in [2.24, 2.45) is 28.1 Å². The normalized spacial score (nSPS) is 46.1. The zero-order valence-corrected chi connectivity index (χ0v) is 14.6. The highest BCUT2D eigenvalue weighted by molar-refractivity contribution is 5.75. The molecule has 1 N–H and O–H groups in total. The van der Waals surface area contributed by atoms with Gasteiger partial charge in [0, 0.05) is 5.41 Å². The van der Waals surface area contributed by atoms with Gasteiger partial charge in [0.25, 0.3) is 0 Å². The summed E-state index contributed by atoms with van der Waals surface area (Å²) in [4.78, 5) is 12.0. The van der Waals surface area contributed by atoms with Crippen LogP contribution in [0.5, 0.6) is 0 Å². The molecule has 3 aliphatic carbocycles. The molecule has 2 saturated carbocycles. The summed E-state index contributed by atoms with van der Waals surface area (Å²) < 4.78 is 0. The Kier molecular flexibility index (Phi) is 3.85. The van der Waals surface area contributed by atoms with Crippen molar-refractivity contribution in [2.75, 3.05) is 0 Å². The second kappa shape index (κ2) is 5.36. The highest BCUT2D eigenvalue weighted by atomic mass is 16.4. The molecule has 0 bridgehead atoms. The Labute approximate surface area is 140 Å². The van der Waals surface area contributed by atoms with Crippen molar-refractivity contribution >= 4 is 5.97 Å². The van der Waals surface area contributed by atoms with Crippen LogP contribution in [0, 0.1) is 28.1 Å². The fourth-order valence-electron chi connectivity index (χ4n) is 5.83. The number of carboxylic acid groups (broad SMARTS) is 1. The van der Waals surface area contributed by atoms with Crippen molar-refractivity contribution in [1.29, 1.82) is 0 Å². The molecule has 0 amide bonds. The molecule has 0 heterocycles. The van der Waals surface area contributed by atoms with Crippen LogP contribution in [0.25, 0.3) is 0 Å². The Hall–Kier alpha value is -1.31. The highest BCUT2D eigenvalue weighted by Crippen LogP contribution is 2.64. The number of aliphatic carboxylic acids is 1. The average Bonchev–Trinajstić information content (AvgIpc) is 2.54. The van der Waals surface area contributed by atoms with Crippen LogP contribution in [-0.4, -0.2) is 11.1 Å². The van der Waals surface area contributed by atoms with Gasteiger partial charge in [0.15, 0.2) is 0 Å². The highest BCUT2D eigenvalue weighted by Gasteiger charge is 2.58. The molecule has 0 aromatic rings. The van der Waals surface area contributed by atoms with E-state index in [-0.39, 0.29) is 16.7 Å². The van der Waals surface area contributed by atoms with Crippen molar-refractivity contribution in [1.82, 2.24) is 0 Å². The van der Waals surface area contributed by atoms with Gasteiger partial charge in [0.2, 0.25) is 0 Å². The minimum atomic E-state index is -0.626. The Morgan fingerprint density at radius 2 is 2.00 bits per heavy atom. The van der Waals surface area contributed by atoms with Gasteiger partial charge in [-0.2, -0.15) is 0 Å². The Morgan fingerprint density at radius 3 is 2.61 bits per heavy atom. The molecule has 2 nitrogen and oxygen atoms in total. The van der Waals surface area contributed by atoms with Crippen LogP contribution in [0.2, 0.25) is 0 Å². The van der Waals surface area contributed by atoms with E-state index >= 15 is 0 Å². The van der Waals surface area contributed by atoms with Crippen molar-refractivity contribution in [3.05, 3.63) is 37.0 Å². The van der Waals surface area contributed by atoms with E-state index in [2.05, 4.69) is 38.3 Å². The first-order valence-electron chi connectivity index (χ1n) is 9.02. The molecule has 5 atom stereocenters. The van der Waals surface area contributed by atoms with Gasteiger partial charge in [-0.1, -0.05) is 37.1 Å². The lowest BCUT2D eigenvalue weighted by molar-refractivity contribution is -0.159. The lowest BCUT2D eigenvalue weighted by Gasteiger charge is -2.58. The summed E-state index contributed by atoms with van der Waals surface area (Å²) in [5, 5.41) is 9.90. The fourth-order valence-corrected chi connectivity index (χ4v) is 5.83. The maximum absolute atomic E-state index is 12.0. The van der Waals surface area contributed by atoms with E-state index in [0.717, 1.165) is 44.9 Å². The number of hydrogen-bond acceptors (Lipinski definition) is 1. The molecule has 2 unspecified atom stereocenters. The second-order valence-electron chi connectivity index (χ2n) is 8.57. The third kappa shape index (κ3) is 2.25. The predicted octanol–water partition coefficient (Wildman–Crippen LogP) is 5.37. The van der Waals surface area contributed by atoms with Crippen LogP contribution in [0.4, 0.5) is 0 Å². The van der Waals surface area contributed by atoms with Crippen LogP contribution in [0.1, 0.15) is 58.8 Å². The molecule has 3 rings (SSSR count). The smallest absolute Gasteiger partial charge is 0.309 e. The molecule has 2 heteroatoms. The standard InChI is InChI=1S/C21H30O2/c1-5-19(3)13-10-16-15(14-19)8-9-17-20(4,18(22)23)11-7-12-21(16,17)6-2/h5-6,10,15,17H,1-2,7-9,11-14H2,3-4H3,(H,22,23)/t15?,17?,19-,20+,21-/m0/s1. The summed E-state index contributed by atoms with van der Waals surface area (Å²) >= 11 is 0. The summed E-state index contributed by atoms with van der Waals surface area (Å²) in [7, 11) is 0. The minimum absolute atomic E-state index is 0.100. The zero-order valence-electron chi connectivity index (χ0n) is 14.6. The average molecular weight is 314 g/mol. The molecule has 0 aliphatic heterocycles. The van der Waals surface area contributed by atoms with E-state index < -0.39 is 11.4 Å². The van der Waals surface area contributed by atoms with Gasteiger partial charge in [0.05, 0.1) is 5.41 Å². The van der Waals surface area contributed by atoms with Gasteiger partial charge in [-0.3, -0.25) is 4.79 Å². The molecule has 0 aromatic heterocycles. The summed E-state index contributed by atoms with van der Waals surface area (Å²) in [6.45, 7) is 12.5. The van der Waals surface area contributed by atoms with Crippen LogP contribution in [-0.2, 0) is 4.79 Å². The molecule has 23 heavy (non-hydrogen) atoms.